The summed E-state index contributed by atoms with van der Waals surface area (Å²) in [5, 5.41) is 2.95. The van der Waals surface area contributed by atoms with Gasteiger partial charge in [-0.2, -0.15) is 0 Å². The predicted octanol–water partition coefficient (Wildman–Crippen LogP) is 4.07. The Labute approximate surface area is 178 Å². The maximum atomic E-state index is 13.2. The molecule has 0 spiro atoms. The average molecular weight is 407 g/mol. The number of nitrogens with one attached hydrogen (secondary N) is 1. The smallest absolute Gasteiger partial charge is 0.251 e. The summed E-state index contributed by atoms with van der Waals surface area (Å²) in [6.45, 7) is 7.05. The fraction of sp³-hybridized carbons (Fsp3) is 0.360. The number of hydrogen-bond acceptors (Lipinski definition) is 3. The first kappa shape index (κ1) is 21.6. The number of amides is 2. The lowest BCUT2D eigenvalue weighted by atomic mass is 9.97. The van der Waals surface area contributed by atoms with E-state index >= 15 is 0 Å². The number of nitrogens with zero attached hydrogens (tertiary/aromatic N) is 1. The molecule has 0 saturated heterocycles. The third-order valence-corrected chi connectivity index (χ3v) is 5.48. The number of ether oxygens (including phenoxy) is 1. The van der Waals surface area contributed by atoms with E-state index in [0.717, 1.165) is 23.3 Å². The van der Waals surface area contributed by atoms with E-state index in [4.69, 9.17) is 4.74 Å². The largest absolute Gasteiger partial charge is 0.497 e. The van der Waals surface area contributed by atoms with Gasteiger partial charge in [0.1, 0.15) is 11.8 Å². The second-order valence-electron chi connectivity index (χ2n) is 8.06. The van der Waals surface area contributed by atoms with Crippen LogP contribution in [-0.2, 0) is 4.79 Å². The van der Waals surface area contributed by atoms with Crippen molar-refractivity contribution < 1.29 is 14.3 Å². The van der Waals surface area contributed by atoms with Crippen LogP contribution in [0.1, 0.15) is 41.8 Å². The van der Waals surface area contributed by atoms with Crippen LogP contribution in [0.25, 0.3) is 5.57 Å². The van der Waals surface area contributed by atoms with Crippen molar-refractivity contribution in [1.29, 1.82) is 0 Å². The normalized spacial score (nSPS) is 14.8. The Morgan fingerprint density at radius 2 is 1.83 bits per heavy atom. The molecular weight excluding hydrogens is 376 g/mol. The van der Waals surface area contributed by atoms with Crippen LogP contribution in [0.5, 0.6) is 5.75 Å². The van der Waals surface area contributed by atoms with Crippen molar-refractivity contribution in [3.63, 3.8) is 0 Å². The SMILES string of the molecule is COc1ccc(C2=CCN(C(=O)C(NC(=O)c3cccc(C)c3)C(C)C)CC2)cc1. The van der Waals surface area contributed by atoms with Gasteiger partial charge in [0.2, 0.25) is 5.91 Å². The van der Waals surface area contributed by atoms with Crippen molar-refractivity contribution in [3.05, 3.63) is 71.3 Å². The van der Waals surface area contributed by atoms with Gasteiger partial charge in [-0.1, -0.05) is 49.8 Å². The van der Waals surface area contributed by atoms with Crippen molar-refractivity contribution in [2.24, 2.45) is 5.92 Å². The first-order chi connectivity index (χ1) is 14.4. The molecule has 1 aliphatic heterocycles. The topological polar surface area (TPSA) is 58.6 Å². The summed E-state index contributed by atoms with van der Waals surface area (Å²) in [5.74, 6) is 0.586. The van der Waals surface area contributed by atoms with Crippen LogP contribution in [0.4, 0.5) is 0 Å². The van der Waals surface area contributed by atoms with Gasteiger partial charge < -0.3 is 15.0 Å². The lowest BCUT2D eigenvalue weighted by Crippen LogP contribution is -2.52. The molecule has 0 fully saturated rings. The molecule has 0 aromatic heterocycles. The lowest BCUT2D eigenvalue weighted by molar-refractivity contribution is -0.133. The zero-order valence-corrected chi connectivity index (χ0v) is 18.1. The number of aryl methyl sites for hydroxylation is 1. The summed E-state index contributed by atoms with van der Waals surface area (Å²) >= 11 is 0. The molecule has 1 atom stereocenters. The van der Waals surface area contributed by atoms with Gasteiger partial charge in [0.15, 0.2) is 0 Å². The summed E-state index contributed by atoms with van der Waals surface area (Å²) < 4.78 is 5.22. The molecule has 0 saturated carbocycles. The van der Waals surface area contributed by atoms with Crippen molar-refractivity contribution in [1.82, 2.24) is 10.2 Å². The van der Waals surface area contributed by atoms with Crippen LogP contribution < -0.4 is 10.1 Å². The van der Waals surface area contributed by atoms with E-state index in [0.29, 0.717) is 18.7 Å². The average Bonchev–Trinajstić information content (AvgIpc) is 2.77. The monoisotopic (exact) mass is 406 g/mol. The number of rotatable bonds is 6. The lowest BCUT2D eigenvalue weighted by Gasteiger charge is -2.32. The Morgan fingerprint density at radius 3 is 2.40 bits per heavy atom. The first-order valence-corrected chi connectivity index (χ1v) is 10.4. The van der Waals surface area contributed by atoms with Crippen LogP contribution in [0, 0.1) is 12.8 Å². The minimum absolute atomic E-state index is 0.00164. The Bertz CT molecular complexity index is 932. The molecule has 1 N–H and O–H groups in total. The van der Waals surface area contributed by atoms with Crippen molar-refractivity contribution >= 4 is 17.4 Å². The molecule has 1 unspecified atom stereocenters. The van der Waals surface area contributed by atoms with Gasteiger partial charge in [0.25, 0.3) is 5.91 Å². The number of carbonyl (C=O) groups excluding carboxylic acids is 2. The van der Waals surface area contributed by atoms with Crippen LogP contribution in [0.2, 0.25) is 0 Å². The van der Waals surface area contributed by atoms with Crippen molar-refractivity contribution in [3.8, 4) is 5.75 Å². The Morgan fingerprint density at radius 1 is 1.10 bits per heavy atom. The predicted molar refractivity (Wildman–Crippen MR) is 119 cm³/mol. The van der Waals surface area contributed by atoms with E-state index in [1.165, 1.54) is 5.57 Å². The zero-order chi connectivity index (χ0) is 21.7. The molecule has 0 bridgehead atoms. The molecule has 1 aliphatic rings. The molecule has 2 amide bonds. The molecule has 158 valence electrons. The van der Waals surface area contributed by atoms with E-state index in [-0.39, 0.29) is 17.7 Å². The second-order valence-corrected chi connectivity index (χ2v) is 8.06. The maximum absolute atomic E-state index is 13.2. The van der Waals surface area contributed by atoms with Gasteiger partial charge in [-0.3, -0.25) is 9.59 Å². The van der Waals surface area contributed by atoms with E-state index in [9.17, 15) is 9.59 Å². The van der Waals surface area contributed by atoms with E-state index in [2.05, 4.69) is 11.4 Å². The van der Waals surface area contributed by atoms with Gasteiger partial charge in [-0.25, -0.2) is 0 Å². The summed E-state index contributed by atoms with van der Waals surface area (Å²) in [6.07, 6.45) is 2.89. The van der Waals surface area contributed by atoms with Crippen LogP contribution in [0.15, 0.2) is 54.6 Å². The number of hydrogen-bond donors (Lipinski definition) is 1. The standard InChI is InChI=1S/C25H30N2O3/c1-17(2)23(26-24(28)21-7-5-6-18(3)16-21)25(29)27-14-12-20(13-15-27)19-8-10-22(30-4)11-9-19/h5-12,16-17,23H,13-15H2,1-4H3,(H,26,28). The highest BCUT2D eigenvalue weighted by atomic mass is 16.5. The van der Waals surface area contributed by atoms with Gasteiger partial charge in [0, 0.05) is 18.7 Å². The quantitative estimate of drug-likeness (QED) is 0.787. The van der Waals surface area contributed by atoms with E-state index in [1.807, 2.05) is 68.1 Å². The molecule has 2 aromatic rings. The molecule has 0 radical (unpaired) electrons. The third-order valence-electron chi connectivity index (χ3n) is 5.48. The van der Waals surface area contributed by atoms with Crippen molar-refractivity contribution in [2.75, 3.05) is 20.2 Å². The summed E-state index contributed by atoms with van der Waals surface area (Å²) in [7, 11) is 1.65. The number of carbonyl (C=O) groups is 2. The minimum atomic E-state index is -0.547. The molecule has 30 heavy (non-hydrogen) atoms. The Balaban J connectivity index is 1.67. The Kier molecular flexibility index (Phi) is 6.93. The fourth-order valence-corrected chi connectivity index (χ4v) is 3.66. The highest BCUT2D eigenvalue weighted by Gasteiger charge is 2.29. The summed E-state index contributed by atoms with van der Waals surface area (Å²) in [6, 6.07) is 14.8. The fourth-order valence-electron chi connectivity index (χ4n) is 3.66. The molecule has 0 aliphatic carbocycles. The van der Waals surface area contributed by atoms with Crippen LogP contribution >= 0.6 is 0 Å². The van der Waals surface area contributed by atoms with Crippen LogP contribution in [0.3, 0.4) is 0 Å². The molecule has 5 nitrogen and oxygen atoms in total. The third kappa shape index (κ3) is 5.09. The molecular formula is C25H30N2O3. The van der Waals surface area contributed by atoms with Crippen LogP contribution in [-0.4, -0.2) is 43.0 Å². The molecule has 1 heterocycles. The number of methoxy groups -OCH3 is 1. The zero-order valence-electron chi connectivity index (χ0n) is 18.1. The van der Waals surface area contributed by atoms with Gasteiger partial charge >= 0.3 is 0 Å². The van der Waals surface area contributed by atoms with Gasteiger partial charge in [-0.15, -0.1) is 0 Å². The summed E-state index contributed by atoms with van der Waals surface area (Å²) in [5.41, 5.74) is 3.97. The van der Waals surface area contributed by atoms with Crippen molar-refractivity contribution in [2.45, 2.75) is 33.2 Å². The van der Waals surface area contributed by atoms with E-state index < -0.39 is 6.04 Å². The second kappa shape index (κ2) is 9.61. The molecule has 2 aromatic carbocycles. The molecule has 3 rings (SSSR count). The highest BCUT2D eigenvalue weighted by Crippen LogP contribution is 2.25. The Hall–Kier alpha value is -3.08. The summed E-state index contributed by atoms with van der Waals surface area (Å²) in [4.78, 5) is 27.7. The van der Waals surface area contributed by atoms with Gasteiger partial charge in [0.05, 0.1) is 7.11 Å². The number of benzene rings is 2. The van der Waals surface area contributed by atoms with Gasteiger partial charge in [-0.05, 0) is 54.7 Å². The highest BCUT2D eigenvalue weighted by molar-refractivity contribution is 5.97. The molecule has 5 heteroatoms. The minimum Gasteiger partial charge on any atom is -0.497 e. The maximum Gasteiger partial charge on any atom is 0.251 e. The first-order valence-electron chi connectivity index (χ1n) is 10.4. The van der Waals surface area contributed by atoms with E-state index in [1.54, 1.807) is 13.2 Å².